The molecular formula is C16H20N4O. The van der Waals surface area contributed by atoms with Gasteiger partial charge >= 0.3 is 0 Å². The van der Waals surface area contributed by atoms with Gasteiger partial charge in [-0.25, -0.2) is 4.68 Å². The Hall–Kier alpha value is -2.14. The fraction of sp³-hybridized carbons (Fsp3) is 0.375. The highest BCUT2D eigenvalue weighted by atomic mass is 16.2. The molecule has 1 aliphatic rings. The molecule has 0 radical (unpaired) electrons. The quantitative estimate of drug-likeness (QED) is 0.922. The van der Waals surface area contributed by atoms with Gasteiger partial charge in [0.25, 0.3) is 0 Å². The smallest absolute Gasteiger partial charge is 0.227 e. The number of amides is 1. The van der Waals surface area contributed by atoms with Crippen molar-refractivity contribution in [3.8, 4) is 5.69 Å². The van der Waals surface area contributed by atoms with Crippen LogP contribution in [0, 0.1) is 0 Å². The van der Waals surface area contributed by atoms with Gasteiger partial charge in [0.05, 0.1) is 18.3 Å². The molecule has 0 unspecified atom stereocenters. The zero-order valence-corrected chi connectivity index (χ0v) is 12.2. The molecule has 110 valence electrons. The highest BCUT2D eigenvalue weighted by Gasteiger charge is 2.23. The van der Waals surface area contributed by atoms with Gasteiger partial charge in [0.15, 0.2) is 0 Å². The van der Waals surface area contributed by atoms with Crippen LogP contribution in [0.2, 0.25) is 0 Å². The molecule has 5 heteroatoms. The second-order valence-corrected chi connectivity index (χ2v) is 5.45. The molecule has 1 saturated heterocycles. The molecule has 3 rings (SSSR count). The zero-order valence-electron chi connectivity index (χ0n) is 12.2. The highest BCUT2D eigenvalue weighted by molar-refractivity contribution is 5.79. The summed E-state index contributed by atoms with van der Waals surface area (Å²) in [6.07, 6.45) is 4.12. The van der Waals surface area contributed by atoms with E-state index in [1.54, 1.807) is 6.20 Å². The van der Waals surface area contributed by atoms with Gasteiger partial charge in [-0.15, -0.1) is 0 Å². The van der Waals surface area contributed by atoms with E-state index in [0.717, 1.165) is 30.9 Å². The zero-order chi connectivity index (χ0) is 14.7. The van der Waals surface area contributed by atoms with Crippen molar-refractivity contribution in [1.82, 2.24) is 20.0 Å². The lowest BCUT2D eigenvalue weighted by molar-refractivity contribution is -0.133. The Bertz CT molecular complexity index is 608. The highest BCUT2D eigenvalue weighted by Crippen LogP contribution is 2.11. The summed E-state index contributed by atoms with van der Waals surface area (Å²) in [4.78, 5) is 14.3. The number of carbonyl (C=O) groups excluding carboxylic acids is 1. The Morgan fingerprint density at radius 2 is 2.19 bits per heavy atom. The lowest BCUT2D eigenvalue weighted by atomic mass is 10.1. The van der Waals surface area contributed by atoms with Crippen LogP contribution in [0.3, 0.4) is 0 Å². The van der Waals surface area contributed by atoms with E-state index in [1.165, 1.54) is 0 Å². The third-order valence-corrected chi connectivity index (χ3v) is 3.83. The summed E-state index contributed by atoms with van der Waals surface area (Å²) in [6.45, 7) is 4.61. The Morgan fingerprint density at radius 3 is 2.95 bits per heavy atom. The predicted molar refractivity (Wildman–Crippen MR) is 81.3 cm³/mol. The number of hydrogen-bond donors (Lipinski definition) is 1. The fourth-order valence-corrected chi connectivity index (χ4v) is 2.66. The molecule has 1 aromatic heterocycles. The molecule has 5 nitrogen and oxygen atoms in total. The van der Waals surface area contributed by atoms with Crippen molar-refractivity contribution in [2.75, 3.05) is 19.6 Å². The Labute approximate surface area is 124 Å². The van der Waals surface area contributed by atoms with Gasteiger partial charge in [0.2, 0.25) is 5.91 Å². The lowest BCUT2D eigenvalue weighted by Gasteiger charge is -2.34. The van der Waals surface area contributed by atoms with E-state index in [4.69, 9.17) is 0 Å². The summed E-state index contributed by atoms with van der Waals surface area (Å²) in [6, 6.07) is 10.2. The number of benzene rings is 1. The molecule has 0 bridgehead atoms. The van der Waals surface area contributed by atoms with Crippen LogP contribution >= 0.6 is 0 Å². The maximum atomic E-state index is 12.4. The Balaban J connectivity index is 1.68. The minimum absolute atomic E-state index is 0.177. The first-order chi connectivity index (χ1) is 10.2. The molecule has 1 aromatic carbocycles. The number of nitrogens with zero attached hydrogens (tertiary/aromatic N) is 3. The number of hydrogen-bond acceptors (Lipinski definition) is 3. The van der Waals surface area contributed by atoms with Crippen LogP contribution in [0.1, 0.15) is 12.5 Å². The van der Waals surface area contributed by atoms with E-state index >= 15 is 0 Å². The number of nitrogens with one attached hydrogen (secondary N) is 1. The fourth-order valence-electron chi connectivity index (χ4n) is 2.66. The molecule has 1 amide bonds. The first-order valence-corrected chi connectivity index (χ1v) is 7.33. The summed E-state index contributed by atoms with van der Waals surface area (Å²) < 4.78 is 1.81. The van der Waals surface area contributed by atoms with E-state index in [-0.39, 0.29) is 11.9 Å². The van der Waals surface area contributed by atoms with Crippen LogP contribution in [-0.4, -0.2) is 46.3 Å². The molecule has 1 aliphatic heterocycles. The maximum Gasteiger partial charge on any atom is 0.227 e. The molecule has 2 aromatic rings. The van der Waals surface area contributed by atoms with Gasteiger partial charge < -0.3 is 10.2 Å². The molecule has 1 fully saturated rings. The van der Waals surface area contributed by atoms with E-state index < -0.39 is 0 Å². The predicted octanol–water partition coefficient (Wildman–Crippen LogP) is 1.24. The van der Waals surface area contributed by atoms with E-state index in [9.17, 15) is 4.79 Å². The van der Waals surface area contributed by atoms with E-state index in [1.807, 2.05) is 46.1 Å². The van der Waals surface area contributed by atoms with Crippen LogP contribution in [-0.2, 0) is 11.2 Å². The summed E-state index contributed by atoms with van der Waals surface area (Å²) in [7, 11) is 0. The van der Waals surface area contributed by atoms with Crippen LogP contribution in [0.15, 0.2) is 42.7 Å². The summed E-state index contributed by atoms with van der Waals surface area (Å²) in [5, 5.41) is 7.64. The maximum absolute atomic E-state index is 12.4. The van der Waals surface area contributed by atoms with Crippen LogP contribution in [0.4, 0.5) is 0 Å². The normalized spacial score (nSPS) is 18.7. The van der Waals surface area contributed by atoms with E-state index in [2.05, 4.69) is 17.3 Å². The van der Waals surface area contributed by atoms with Crippen molar-refractivity contribution in [3.05, 3.63) is 48.3 Å². The Kier molecular flexibility index (Phi) is 4.01. The van der Waals surface area contributed by atoms with Gasteiger partial charge in [-0.3, -0.25) is 4.79 Å². The summed E-state index contributed by atoms with van der Waals surface area (Å²) in [5.74, 6) is 0.177. The van der Waals surface area contributed by atoms with Gasteiger partial charge in [-0.05, 0) is 24.6 Å². The average molecular weight is 284 g/mol. The SMILES string of the molecule is C[C@@H]1CNCCN1C(=O)Cc1cnn(-c2ccccc2)c1. The first-order valence-electron chi connectivity index (χ1n) is 7.33. The largest absolute Gasteiger partial charge is 0.337 e. The van der Waals surface area contributed by atoms with Crippen LogP contribution in [0.25, 0.3) is 5.69 Å². The van der Waals surface area contributed by atoms with Gasteiger partial charge in [-0.1, -0.05) is 18.2 Å². The third kappa shape index (κ3) is 3.13. The topological polar surface area (TPSA) is 50.2 Å². The van der Waals surface area contributed by atoms with E-state index in [0.29, 0.717) is 6.42 Å². The van der Waals surface area contributed by atoms with Gasteiger partial charge in [-0.2, -0.15) is 5.10 Å². The molecule has 21 heavy (non-hydrogen) atoms. The van der Waals surface area contributed by atoms with Crippen molar-refractivity contribution in [1.29, 1.82) is 0 Å². The first kappa shape index (κ1) is 13.8. The minimum atomic E-state index is 0.177. The molecular weight excluding hydrogens is 264 g/mol. The van der Waals surface area contributed by atoms with Crippen molar-refractivity contribution < 1.29 is 4.79 Å². The Morgan fingerprint density at radius 1 is 1.38 bits per heavy atom. The molecule has 0 saturated carbocycles. The number of aromatic nitrogens is 2. The minimum Gasteiger partial charge on any atom is -0.337 e. The second-order valence-electron chi connectivity index (χ2n) is 5.45. The van der Waals surface area contributed by atoms with Crippen molar-refractivity contribution >= 4 is 5.91 Å². The standard InChI is InChI=1S/C16H20N4O/c1-13-10-17-7-8-19(13)16(21)9-14-11-18-20(12-14)15-5-3-2-4-6-15/h2-6,11-13,17H,7-10H2,1H3/t13-/m1/s1. The molecule has 1 N–H and O–H groups in total. The number of para-hydroxylation sites is 1. The number of rotatable bonds is 3. The molecule has 0 aliphatic carbocycles. The number of carbonyl (C=O) groups is 1. The number of piperazine rings is 1. The molecule has 1 atom stereocenters. The van der Waals surface area contributed by atoms with Crippen molar-refractivity contribution in [2.24, 2.45) is 0 Å². The second kappa shape index (κ2) is 6.10. The summed E-state index contributed by atoms with van der Waals surface area (Å²) >= 11 is 0. The van der Waals surface area contributed by atoms with Crippen molar-refractivity contribution in [2.45, 2.75) is 19.4 Å². The van der Waals surface area contributed by atoms with Gasteiger partial charge in [0.1, 0.15) is 0 Å². The summed E-state index contributed by atoms with van der Waals surface area (Å²) in [5.41, 5.74) is 1.96. The van der Waals surface area contributed by atoms with Crippen LogP contribution in [0.5, 0.6) is 0 Å². The van der Waals surface area contributed by atoms with Crippen molar-refractivity contribution in [3.63, 3.8) is 0 Å². The molecule has 0 spiro atoms. The average Bonchev–Trinajstić information content (AvgIpc) is 2.97. The van der Waals surface area contributed by atoms with Gasteiger partial charge in [0, 0.05) is 31.9 Å². The lowest BCUT2D eigenvalue weighted by Crippen LogP contribution is -2.52. The van der Waals surface area contributed by atoms with Crippen LogP contribution < -0.4 is 5.32 Å². The molecule has 2 heterocycles. The monoisotopic (exact) mass is 284 g/mol. The third-order valence-electron chi connectivity index (χ3n) is 3.83.